The highest BCUT2D eigenvalue weighted by Gasteiger charge is 2.32. The molecule has 38 heavy (non-hydrogen) atoms. The van der Waals surface area contributed by atoms with Crippen LogP contribution < -0.4 is 21.7 Å². The minimum atomic E-state index is -1.36. The van der Waals surface area contributed by atoms with E-state index in [2.05, 4.69) is 16.0 Å². The van der Waals surface area contributed by atoms with E-state index in [0.29, 0.717) is 5.56 Å². The Hall–Kier alpha value is -4.25. The summed E-state index contributed by atoms with van der Waals surface area (Å²) >= 11 is 0. The molecule has 0 aromatic heterocycles. The standard InChI is InChI=1S/C27H34N4O7/c1-16(2)23(31-24(34)19(28)15-22(32)33)26(36)29-20(13-17-9-5-3-6-10-17)25(35)30-21(27(37)38)14-18-11-7-4-8-12-18/h3-12,16,19-21,23H,13-15,28H2,1-2H3,(H,29,36)(H,30,35)(H,31,34)(H,32,33)(H,37,38). The Balaban J connectivity index is 2.22. The molecule has 0 spiro atoms. The van der Waals surface area contributed by atoms with Gasteiger partial charge < -0.3 is 31.9 Å². The van der Waals surface area contributed by atoms with Crippen molar-refractivity contribution in [3.05, 3.63) is 71.8 Å². The van der Waals surface area contributed by atoms with Crippen LogP contribution in [0, 0.1) is 5.92 Å². The smallest absolute Gasteiger partial charge is 0.326 e. The van der Waals surface area contributed by atoms with E-state index in [-0.39, 0.29) is 12.8 Å². The first-order chi connectivity index (χ1) is 18.0. The lowest BCUT2D eigenvalue weighted by Crippen LogP contribution is -2.59. The van der Waals surface area contributed by atoms with Crippen molar-refractivity contribution in [2.24, 2.45) is 11.7 Å². The predicted octanol–water partition coefficient (Wildman–Crippen LogP) is 0.469. The van der Waals surface area contributed by atoms with Crippen LogP contribution in [0.1, 0.15) is 31.4 Å². The summed E-state index contributed by atoms with van der Waals surface area (Å²) in [5.74, 6) is -5.14. The Bertz CT molecular complexity index is 1110. The molecular weight excluding hydrogens is 492 g/mol. The van der Waals surface area contributed by atoms with Gasteiger partial charge in [0.05, 0.1) is 12.5 Å². The fourth-order valence-electron chi connectivity index (χ4n) is 3.72. The lowest BCUT2D eigenvalue weighted by Gasteiger charge is -2.27. The summed E-state index contributed by atoms with van der Waals surface area (Å²) in [6.07, 6.45) is -0.511. The fourth-order valence-corrected chi connectivity index (χ4v) is 3.72. The van der Waals surface area contributed by atoms with Crippen LogP contribution in [0.15, 0.2) is 60.7 Å². The van der Waals surface area contributed by atoms with Gasteiger partial charge in [0.25, 0.3) is 0 Å². The molecule has 2 aromatic rings. The van der Waals surface area contributed by atoms with E-state index >= 15 is 0 Å². The summed E-state index contributed by atoms with van der Waals surface area (Å²) in [6, 6.07) is 12.8. The van der Waals surface area contributed by atoms with E-state index in [9.17, 15) is 29.1 Å². The predicted molar refractivity (Wildman–Crippen MR) is 139 cm³/mol. The van der Waals surface area contributed by atoms with Gasteiger partial charge in [-0.2, -0.15) is 0 Å². The molecule has 4 unspecified atom stereocenters. The summed E-state index contributed by atoms with van der Waals surface area (Å²) in [4.78, 5) is 61.6. The highest BCUT2D eigenvalue weighted by molar-refractivity contribution is 5.95. The third kappa shape index (κ3) is 9.66. The van der Waals surface area contributed by atoms with E-state index < -0.39 is 66.2 Å². The van der Waals surface area contributed by atoms with Crippen LogP contribution in [0.5, 0.6) is 0 Å². The maximum Gasteiger partial charge on any atom is 0.326 e. The Morgan fingerprint density at radius 3 is 1.63 bits per heavy atom. The molecule has 204 valence electrons. The number of aliphatic carboxylic acids is 2. The zero-order chi connectivity index (χ0) is 28.2. The molecule has 0 aliphatic carbocycles. The maximum atomic E-state index is 13.3. The molecule has 0 aliphatic heterocycles. The van der Waals surface area contributed by atoms with Gasteiger partial charge >= 0.3 is 11.9 Å². The van der Waals surface area contributed by atoms with Gasteiger partial charge in [-0.15, -0.1) is 0 Å². The first-order valence-corrected chi connectivity index (χ1v) is 12.2. The van der Waals surface area contributed by atoms with Crippen molar-refractivity contribution in [3.8, 4) is 0 Å². The van der Waals surface area contributed by atoms with Crippen molar-refractivity contribution in [2.75, 3.05) is 0 Å². The van der Waals surface area contributed by atoms with Gasteiger partial charge in [-0.3, -0.25) is 19.2 Å². The molecule has 0 radical (unpaired) electrons. The Morgan fingerprint density at radius 2 is 1.18 bits per heavy atom. The lowest BCUT2D eigenvalue weighted by atomic mass is 10.00. The van der Waals surface area contributed by atoms with Crippen molar-refractivity contribution in [3.63, 3.8) is 0 Å². The molecular formula is C27H34N4O7. The van der Waals surface area contributed by atoms with Crippen molar-refractivity contribution >= 4 is 29.7 Å². The molecule has 0 saturated heterocycles. The Kier molecular flexibility index (Phi) is 11.4. The molecule has 2 aromatic carbocycles. The number of benzene rings is 2. The van der Waals surface area contributed by atoms with Crippen molar-refractivity contribution in [1.82, 2.24) is 16.0 Å². The third-order valence-electron chi connectivity index (χ3n) is 5.79. The molecule has 0 fully saturated rings. The summed E-state index contributed by atoms with van der Waals surface area (Å²) in [5, 5.41) is 26.2. The summed E-state index contributed by atoms with van der Waals surface area (Å²) in [6.45, 7) is 3.33. The minimum Gasteiger partial charge on any atom is -0.481 e. The van der Waals surface area contributed by atoms with E-state index in [1.807, 2.05) is 0 Å². The molecule has 0 aliphatic rings. The Morgan fingerprint density at radius 1 is 0.711 bits per heavy atom. The molecule has 0 bridgehead atoms. The monoisotopic (exact) mass is 526 g/mol. The molecule has 11 nitrogen and oxygen atoms in total. The van der Waals surface area contributed by atoms with Crippen LogP contribution >= 0.6 is 0 Å². The number of carboxylic acid groups (broad SMARTS) is 2. The van der Waals surface area contributed by atoms with Crippen LogP contribution in [-0.4, -0.2) is 64.0 Å². The maximum absolute atomic E-state index is 13.3. The number of carboxylic acids is 2. The number of nitrogens with two attached hydrogens (primary N) is 1. The van der Waals surface area contributed by atoms with E-state index in [0.717, 1.165) is 5.56 Å². The number of nitrogens with one attached hydrogen (secondary N) is 3. The second kappa shape index (κ2) is 14.5. The highest BCUT2D eigenvalue weighted by atomic mass is 16.4. The first-order valence-electron chi connectivity index (χ1n) is 12.2. The number of hydrogen-bond acceptors (Lipinski definition) is 6. The van der Waals surface area contributed by atoms with Crippen LogP contribution in [0.2, 0.25) is 0 Å². The normalized spacial score (nSPS) is 14.0. The largest absolute Gasteiger partial charge is 0.481 e. The van der Waals surface area contributed by atoms with Gasteiger partial charge in [0.15, 0.2) is 0 Å². The van der Waals surface area contributed by atoms with Gasteiger partial charge in [-0.1, -0.05) is 74.5 Å². The first kappa shape index (κ1) is 30.0. The quantitative estimate of drug-likeness (QED) is 0.205. The highest BCUT2D eigenvalue weighted by Crippen LogP contribution is 2.09. The number of hydrogen-bond donors (Lipinski definition) is 6. The van der Waals surface area contributed by atoms with Gasteiger partial charge in [0.1, 0.15) is 18.1 Å². The average Bonchev–Trinajstić information content (AvgIpc) is 2.86. The second-order valence-corrected chi connectivity index (χ2v) is 9.27. The van der Waals surface area contributed by atoms with Crippen molar-refractivity contribution in [1.29, 1.82) is 0 Å². The van der Waals surface area contributed by atoms with Gasteiger partial charge in [0, 0.05) is 12.8 Å². The molecule has 0 saturated carbocycles. The molecule has 2 rings (SSSR count). The summed E-state index contributed by atoms with van der Waals surface area (Å²) in [7, 11) is 0. The topological polar surface area (TPSA) is 188 Å². The van der Waals surface area contributed by atoms with E-state index in [4.69, 9.17) is 10.8 Å². The third-order valence-corrected chi connectivity index (χ3v) is 5.79. The molecule has 11 heteroatoms. The summed E-state index contributed by atoms with van der Waals surface area (Å²) in [5.41, 5.74) is 7.05. The van der Waals surface area contributed by atoms with Gasteiger partial charge in [-0.05, 0) is 17.0 Å². The van der Waals surface area contributed by atoms with Crippen LogP contribution in [0.25, 0.3) is 0 Å². The van der Waals surface area contributed by atoms with Crippen LogP contribution in [0.4, 0.5) is 0 Å². The van der Waals surface area contributed by atoms with Crippen molar-refractivity contribution in [2.45, 2.75) is 57.3 Å². The van der Waals surface area contributed by atoms with Crippen LogP contribution in [-0.2, 0) is 36.8 Å². The van der Waals surface area contributed by atoms with Crippen LogP contribution in [0.3, 0.4) is 0 Å². The second-order valence-electron chi connectivity index (χ2n) is 9.27. The zero-order valence-corrected chi connectivity index (χ0v) is 21.3. The number of rotatable bonds is 14. The van der Waals surface area contributed by atoms with E-state index in [1.165, 1.54) is 0 Å². The number of carbonyl (C=O) groups is 5. The summed E-state index contributed by atoms with van der Waals surface area (Å²) < 4.78 is 0. The van der Waals surface area contributed by atoms with Crippen molar-refractivity contribution < 1.29 is 34.2 Å². The number of amides is 3. The SMILES string of the molecule is CC(C)C(NC(=O)C(N)CC(=O)O)C(=O)NC(Cc1ccccc1)C(=O)NC(Cc1ccccc1)C(=O)O. The van der Waals surface area contributed by atoms with Gasteiger partial charge in [-0.25, -0.2) is 4.79 Å². The minimum absolute atomic E-state index is 0.0417. The van der Waals surface area contributed by atoms with Gasteiger partial charge in [0.2, 0.25) is 17.7 Å². The fraction of sp³-hybridized carbons (Fsp3) is 0.370. The molecule has 0 heterocycles. The average molecular weight is 527 g/mol. The molecule has 7 N–H and O–H groups in total. The van der Waals surface area contributed by atoms with E-state index in [1.54, 1.807) is 74.5 Å². The Labute approximate surface area is 220 Å². The lowest BCUT2D eigenvalue weighted by molar-refractivity contribution is -0.142. The zero-order valence-electron chi connectivity index (χ0n) is 21.3. The number of carbonyl (C=O) groups excluding carboxylic acids is 3. The molecule has 4 atom stereocenters. The molecule has 3 amide bonds.